The van der Waals surface area contributed by atoms with Gasteiger partial charge in [0, 0.05) is 12.0 Å². The molecule has 0 spiro atoms. The van der Waals surface area contributed by atoms with Crippen LogP contribution in [0.2, 0.25) is 0 Å². The van der Waals surface area contributed by atoms with Crippen molar-refractivity contribution in [3.63, 3.8) is 0 Å². The predicted octanol–water partition coefficient (Wildman–Crippen LogP) is 2.01. The summed E-state index contributed by atoms with van der Waals surface area (Å²) in [6.07, 6.45) is 0.897. The van der Waals surface area contributed by atoms with E-state index >= 15 is 0 Å². The van der Waals surface area contributed by atoms with Crippen LogP contribution in [-0.2, 0) is 13.0 Å². The first kappa shape index (κ1) is 14.4. The van der Waals surface area contributed by atoms with Crippen molar-refractivity contribution in [1.29, 1.82) is 0 Å². The SMILES string of the molecule is C[NH2+]Cc1ccc(OCCc2ccccc2)c(OC)c1. The molecule has 0 fully saturated rings. The van der Waals surface area contributed by atoms with Crippen LogP contribution < -0.4 is 14.8 Å². The third-order valence-corrected chi connectivity index (χ3v) is 3.16. The summed E-state index contributed by atoms with van der Waals surface area (Å²) in [6, 6.07) is 16.5. The number of benzene rings is 2. The van der Waals surface area contributed by atoms with Gasteiger partial charge in [0.25, 0.3) is 0 Å². The molecule has 0 atom stereocenters. The molecule has 2 rings (SSSR count). The first-order valence-electron chi connectivity index (χ1n) is 6.95. The molecule has 0 saturated carbocycles. The fourth-order valence-electron chi connectivity index (χ4n) is 2.12. The number of ether oxygens (including phenoxy) is 2. The number of rotatable bonds is 7. The third kappa shape index (κ3) is 4.00. The molecule has 0 amide bonds. The Morgan fingerprint density at radius 2 is 1.75 bits per heavy atom. The minimum atomic E-state index is 0.652. The summed E-state index contributed by atoms with van der Waals surface area (Å²) in [5, 5.41) is 2.13. The van der Waals surface area contributed by atoms with E-state index in [-0.39, 0.29) is 0 Å². The van der Waals surface area contributed by atoms with Crippen molar-refractivity contribution < 1.29 is 14.8 Å². The van der Waals surface area contributed by atoms with Gasteiger partial charge in [0.1, 0.15) is 6.54 Å². The van der Waals surface area contributed by atoms with Crippen molar-refractivity contribution in [3.05, 3.63) is 59.7 Å². The van der Waals surface area contributed by atoms with Crippen LogP contribution in [-0.4, -0.2) is 20.8 Å². The first-order chi connectivity index (χ1) is 9.83. The summed E-state index contributed by atoms with van der Waals surface area (Å²) < 4.78 is 11.2. The Morgan fingerprint density at radius 3 is 2.45 bits per heavy atom. The van der Waals surface area contributed by atoms with Crippen LogP contribution in [0.3, 0.4) is 0 Å². The Morgan fingerprint density at radius 1 is 0.950 bits per heavy atom. The number of nitrogens with two attached hydrogens (primary N) is 1. The smallest absolute Gasteiger partial charge is 0.161 e. The molecule has 0 bridgehead atoms. The lowest BCUT2D eigenvalue weighted by Crippen LogP contribution is -2.77. The molecular weight excluding hydrogens is 250 g/mol. The Labute approximate surface area is 120 Å². The molecule has 2 aromatic rings. The van der Waals surface area contributed by atoms with Crippen LogP contribution in [0.4, 0.5) is 0 Å². The molecule has 0 aliphatic heterocycles. The average molecular weight is 272 g/mol. The third-order valence-electron chi connectivity index (χ3n) is 3.16. The van der Waals surface area contributed by atoms with Gasteiger partial charge in [-0.2, -0.15) is 0 Å². The van der Waals surface area contributed by atoms with E-state index < -0.39 is 0 Å². The standard InChI is InChI=1S/C17H21NO2/c1-18-13-15-8-9-16(17(12-15)19-2)20-11-10-14-6-4-3-5-7-14/h3-9,12,18H,10-11,13H2,1-2H3/p+1. The summed E-state index contributed by atoms with van der Waals surface area (Å²) in [4.78, 5) is 0. The average Bonchev–Trinajstić information content (AvgIpc) is 2.50. The zero-order valence-electron chi connectivity index (χ0n) is 12.1. The zero-order chi connectivity index (χ0) is 14.2. The lowest BCUT2D eigenvalue weighted by molar-refractivity contribution is -0.643. The topological polar surface area (TPSA) is 35.1 Å². The van der Waals surface area contributed by atoms with Crippen LogP contribution in [0.1, 0.15) is 11.1 Å². The van der Waals surface area contributed by atoms with Crippen LogP contribution in [0, 0.1) is 0 Å². The van der Waals surface area contributed by atoms with Crippen molar-refractivity contribution in [3.8, 4) is 11.5 Å². The minimum absolute atomic E-state index is 0.652. The van der Waals surface area contributed by atoms with Crippen molar-refractivity contribution >= 4 is 0 Å². The second-order valence-electron chi connectivity index (χ2n) is 4.68. The van der Waals surface area contributed by atoms with E-state index in [9.17, 15) is 0 Å². The number of methoxy groups -OCH3 is 1. The molecule has 0 radical (unpaired) electrons. The van der Waals surface area contributed by atoms with Crippen molar-refractivity contribution in [2.45, 2.75) is 13.0 Å². The van der Waals surface area contributed by atoms with Crippen LogP contribution in [0.15, 0.2) is 48.5 Å². The molecule has 0 aliphatic rings. The molecule has 0 unspecified atom stereocenters. The molecule has 3 heteroatoms. The van der Waals surface area contributed by atoms with Gasteiger partial charge >= 0.3 is 0 Å². The van der Waals surface area contributed by atoms with Crippen molar-refractivity contribution in [1.82, 2.24) is 0 Å². The van der Waals surface area contributed by atoms with Gasteiger partial charge in [-0.1, -0.05) is 30.3 Å². The van der Waals surface area contributed by atoms with Gasteiger partial charge in [0.2, 0.25) is 0 Å². The monoisotopic (exact) mass is 272 g/mol. The molecule has 3 nitrogen and oxygen atoms in total. The highest BCUT2D eigenvalue weighted by Crippen LogP contribution is 2.27. The van der Waals surface area contributed by atoms with Crippen LogP contribution in [0.25, 0.3) is 0 Å². The summed E-state index contributed by atoms with van der Waals surface area (Å²) >= 11 is 0. The van der Waals surface area contributed by atoms with Gasteiger partial charge in [0.15, 0.2) is 11.5 Å². The lowest BCUT2D eigenvalue weighted by Gasteiger charge is -2.11. The van der Waals surface area contributed by atoms with Gasteiger partial charge in [-0.05, 0) is 23.8 Å². The molecule has 106 valence electrons. The molecule has 20 heavy (non-hydrogen) atoms. The largest absolute Gasteiger partial charge is 0.493 e. The molecular formula is C17H22NO2+. The van der Waals surface area contributed by atoms with E-state index in [0.717, 1.165) is 24.5 Å². The van der Waals surface area contributed by atoms with Crippen LogP contribution >= 0.6 is 0 Å². The maximum atomic E-state index is 5.83. The summed E-state index contributed by atoms with van der Waals surface area (Å²) in [7, 11) is 3.73. The summed E-state index contributed by atoms with van der Waals surface area (Å²) in [5.74, 6) is 1.61. The van der Waals surface area contributed by atoms with E-state index in [4.69, 9.17) is 9.47 Å². The van der Waals surface area contributed by atoms with Gasteiger partial charge < -0.3 is 14.8 Å². The van der Waals surface area contributed by atoms with E-state index in [1.54, 1.807) is 7.11 Å². The Balaban J connectivity index is 1.95. The Bertz CT molecular complexity index is 526. The molecule has 0 aliphatic carbocycles. The van der Waals surface area contributed by atoms with E-state index in [1.807, 2.05) is 30.3 Å². The molecule has 0 saturated heterocycles. The maximum absolute atomic E-state index is 5.83. The predicted molar refractivity (Wildman–Crippen MR) is 80.2 cm³/mol. The molecule has 0 heterocycles. The highest BCUT2D eigenvalue weighted by Gasteiger charge is 2.06. The maximum Gasteiger partial charge on any atom is 0.161 e. The normalized spacial score (nSPS) is 10.3. The van der Waals surface area contributed by atoms with E-state index in [1.165, 1.54) is 11.1 Å². The molecule has 2 N–H and O–H groups in total. The lowest BCUT2D eigenvalue weighted by atomic mass is 10.1. The van der Waals surface area contributed by atoms with Gasteiger partial charge in [-0.15, -0.1) is 0 Å². The Hall–Kier alpha value is -2.00. The summed E-state index contributed by atoms with van der Waals surface area (Å²) in [6.45, 7) is 1.60. The number of hydrogen-bond acceptors (Lipinski definition) is 2. The number of quaternary nitrogens is 1. The van der Waals surface area contributed by atoms with Crippen LogP contribution in [0.5, 0.6) is 11.5 Å². The fourth-order valence-corrected chi connectivity index (χ4v) is 2.12. The van der Waals surface area contributed by atoms with Crippen molar-refractivity contribution in [2.75, 3.05) is 20.8 Å². The second-order valence-corrected chi connectivity index (χ2v) is 4.68. The zero-order valence-corrected chi connectivity index (χ0v) is 12.1. The second kappa shape index (κ2) is 7.56. The highest BCUT2D eigenvalue weighted by molar-refractivity contribution is 5.42. The first-order valence-corrected chi connectivity index (χ1v) is 6.95. The van der Waals surface area contributed by atoms with E-state index in [2.05, 4.69) is 30.6 Å². The van der Waals surface area contributed by atoms with Crippen molar-refractivity contribution in [2.24, 2.45) is 0 Å². The van der Waals surface area contributed by atoms with Gasteiger partial charge in [-0.25, -0.2) is 0 Å². The fraction of sp³-hybridized carbons (Fsp3) is 0.294. The number of hydrogen-bond donors (Lipinski definition) is 1. The van der Waals surface area contributed by atoms with Gasteiger partial charge in [-0.3, -0.25) is 0 Å². The molecule has 2 aromatic carbocycles. The Kier molecular flexibility index (Phi) is 5.44. The van der Waals surface area contributed by atoms with Gasteiger partial charge in [0.05, 0.1) is 20.8 Å². The minimum Gasteiger partial charge on any atom is -0.493 e. The highest BCUT2D eigenvalue weighted by atomic mass is 16.5. The quantitative estimate of drug-likeness (QED) is 0.837. The molecule has 0 aromatic heterocycles. The van der Waals surface area contributed by atoms with E-state index in [0.29, 0.717) is 6.61 Å². The summed E-state index contributed by atoms with van der Waals surface area (Å²) in [5.41, 5.74) is 2.52.